The van der Waals surface area contributed by atoms with Crippen LogP contribution in [0.4, 0.5) is 0 Å². The first-order chi connectivity index (χ1) is 9.60. The Kier molecular flexibility index (Phi) is 4.37. The molecule has 0 radical (unpaired) electrons. The van der Waals surface area contributed by atoms with Crippen LogP contribution < -0.4 is 9.61 Å². The molecule has 2 aromatic rings. The number of benzene rings is 1. The third kappa shape index (κ3) is 3.36. The minimum atomic E-state index is -1.00. The molecule has 0 spiro atoms. The molecule has 0 aliphatic rings. The monoisotopic (exact) mass is 291 g/mol. The molecule has 5 nitrogen and oxygen atoms in total. The van der Waals surface area contributed by atoms with Crippen molar-refractivity contribution in [2.45, 2.75) is 6.54 Å². The van der Waals surface area contributed by atoms with Crippen LogP contribution in [0.25, 0.3) is 6.08 Å². The fourth-order valence-corrected chi connectivity index (χ4v) is 2.37. The number of methoxy groups -OCH3 is 1. The van der Waals surface area contributed by atoms with Crippen LogP contribution in [0.2, 0.25) is 0 Å². The summed E-state index contributed by atoms with van der Waals surface area (Å²) >= 11 is 1.13. The van der Waals surface area contributed by atoms with Crippen LogP contribution in [-0.4, -0.2) is 22.8 Å². The van der Waals surface area contributed by atoms with Crippen molar-refractivity contribution >= 4 is 23.4 Å². The Morgan fingerprint density at radius 3 is 2.90 bits per heavy atom. The van der Waals surface area contributed by atoms with Gasteiger partial charge < -0.3 is 14.4 Å². The van der Waals surface area contributed by atoms with Crippen molar-refractivity contribution in [3.8, 4) is 5.75 Å². The third-order valence-corrected chi connectivity index (χ3v) is 3.40. The SMILES string of the molecule is COc1ccc(C=CC(=O)O)cc1Cn1ccsc1=O. The summed E-state index contributed by atoms with van der Waals surface area (Å²) in [7, 11) is 1.56. The van der Waals surface area contributed by atoms with Crippen molar-refractivity contribution < 1.29 is 14.6 Å². The van der Waals surface area contributed by atoms with Crippen LogP contribution in [-0.2, 0) is 11.3 Å². The Morgan fingerprint density at radius 1 is 1.50 bits per heavy atom. The second-order valence-corrected chi connectivity index (χ2v) is 4.90. The van der Waals surface area contributed by atoms with Gasteiger partial charge >= 0.3 is 10.8 Å². The van der Waals surface area contributed by atoms with Gasteiger partial charge in [0.25, 0.3) is 0 Å². The molecule has 0 fully saturated rings. The maximum absolute atomic E-state index is 11.6. The summed E-state index contributed by atoms with van der Waals surface area (Å²) in [6, 6.07) is 5.33. The van der Waals surface area contributed by atoms with Gasteiger partial charge in [-0.1, -0.05) is 17.4 Å². The number of hydrogen-bond acceptors (Lipinski definition) is 4. The number of aliphatic carboxylic acids is 1. The Labute approximate surface area is 119 Å². The van der Waals surface area contributed by atoms with Gasteiger partial charge in [-0.05, 0) is 23.8 Å². The van der Waals surface area contributed by atoms with E-state index in [0.717, 1.165) is 28.5 Å². The molecular weight excluding hydrogens is 278 g/mol. The summed E-state index contributed by atoms with van der Waals surface area (Å²) < 4.78 is 6.84. The van der Waals surface area contributed by atoms with Gasteiger partial charge in [-0.3, -0.25) is 4.79 Å². The number of hydrogen-bond donors (Lipinski definition) is 1. The normalized spacial score (nSPS) is 10.8. The Balaban J connectivity index is 2.34. The van der Waals surface area contributed by atoms with Crippen molar-refractivity contribution in [3.05, 3.63) is 56.6 Å². The van der Waals surface area contributed by atoms with E-state index in [4.69, 9.17) is 9.84 Å². The van der Waals surface area contributed by atoms with Crippen molar-refractivity contribution in [2.24, 2.45) is 0 Å². The van der Waals surface area contributed by atoms with Crippen LogP contribution in [0.15, 0.2) is 40.6 Å². The number of aromatic nitrogens is 1. The van der Waals surface area contributed by atoms with E-state index in [-0.39, 0.29) is 4.87 Å². The highest BCUT2D eigenvalue weighted by Gasteiger charge is 2.06. The highest BCUT2D eigenvalue weighted by atomic mass is 32.1. The minimum Gasteiger partial charge on any atom is -0.496 e. The number of ether oxygens (including phenoxy) is 1. The van der Waals surface area contributed by atoms with Crippen LogP contribution in [0, 0.1) is 0 Å². The largest absolute Gasteiger partial charge is 0.496 e. The molecule has 0 saturated carbocycles. The molecule has 0 saturated heterocycles. The number of thiazole rings is 1. The number of rotatable bonds is 5. The van der Waals surface area contributed by atoms with Gasteiger partial charge in [-0.2, -0.15) is 0 Å². The molecule has 1 aromatic heterocycles. The predicted octanol–water partition coefficient (Wildman–Crippen LogP) is 2.06. The minimum absolute atomic E-state index is 0.0430. The molecule has 0 bridgehead atoms. The third-order valence-electron chi connectivity index (χ3n) is 2.71. The van der Waals surface area contributed by atoms with Crippen LogP contribution >= 0.6 is 11.3 Å². The van der Waals surface area contributed by atoms with E-state index in [2.05, 4.69) is 0 Å². The fourth-order valence-electron chi connectivity index (χ4n) is 1.78. The van der Waals surface area contributed by atoms with Gasteiger partial charge in [0.15, 0.2) is 0 Å². The molecule has 1 N–H and O–H groups in total. The van der Waals surface area contributed by atoms with Crippen molar-refractivity contribution in [1.82, 2.24) is 4.57 Å². The number of carbonyl (C=O) groups is 1. The van der Waals surface area contributed by atoms with Crippen LogP contribution in [0.1, 0.15) is 11.1 Å². The van der Waals surface area contributed by atoms with E-state index in [0.29, 0.717) is 12.3 Å². The van der Waals surface area contributed by atoms with E-state index in [9.17, 15) is 9.59 Å². The zero-order valence-electron chi connectivity index (χ0n) is 10.8. The van der Waals surface area contributed by atoms with Gasteiger partial charge in [-0.25, -0.2) is 4.79 Å². The van der Waals surface area contributed by atoms with Crippen LogP contribution in [0.3, 0.4) is 0 Å². The maximum Gasteiger partial charge on any atom is 0.328 e. The number of carboxylic acid groups (broad SMARTS) is 1. The Morgan fingerprint density at radius 2 is 2.30 bits per heavy atom. The molecule has 0 unspecified atom stereocenters. The number of nitrogens with zero attached hydrogens (tertiary/aromatic N) is 1. The van der Waals surface area contributed by atoms with Crippen molar-refractivity contribution in [3.63, 3.8) is 0 Å². The first kappa shape index (κ1) is 14.1. The molecule has 1 heterocycles. The fraction of sp³-hybridized carbons (Fsp3) is 0.143. The summed E-state index contributed by atoms with van der Waals surface area (Å²) in [5.41, 5.74) is 1.56. The van der Waals surface area contributed by atoms with Gasteiger partial charge in [0.1, 0.15) is 5.75 Å². The first-order valence-electron chi connectivity index (χ1n) is 5.82. The molecular formula is C14H13NO4S. The lowest BCUT2D eigenvalue weighted by Gasteiger charge is -2.09. The van der Waals surface area contributed by atoms with E-state index in [1.165, 1.54) is 6.08 Å². The molecule has 0 amide bonds. The average Bonchev–Trinajstić information content (AvgIpc) is 2.82. The standard InChI is InChI=1S/C14H13NO4S/c1-19-12-4-2-10(3-5-13(16)17)8-11(12)9-15-6-7-20-14(15)18/h2-8H,9H2,1H3,(H,16,17). The van der Waals surface area contributed by atoms with Crippen LogP contribution in [0.5, 0.6) is 5.75 Å². The lowest BCUT2D eigenvalue weighted by Crippen LogP contribution is -2.13. The number of carboxylic acids is 1. The summed E-state index contributed by atoms with van der Waals surface area (Å²) in [4.78, 5) is 22.1. The lowest BCUT2D eigenvalue weighted by atomic mass is 10.1. The van der Waals surface area contributed by atoms with Crippen molar-refractivity contribution in [2.75, 3.05) is 7.11 Å². The highest BCUT2D eigenvalue weighted by Crippen LogP contribution is 2.21. The second-order valence-electron chi connectivity index (χ2n) is 4.04. The first-order valence-corrected chi connectivity index (χ1v) is 6.70. The molecule has 20 heavy (non-hydrogen) atoms. The Bertz CT molecular complexity index is 699. The van der Waals surface area contributed by atoms with Gasteiger partial charge in [-0.15, -0.1) is 0 Å². The van der Waals surface area contributed by atoms with Gasteiger partial charge in [0, 0.05) is 23.2 Å². The van der Waals surface area contributed by atoms with Gasteiger partial charge in [0.2, 0.25) is 0 Å². The summed E-state index contributed by atoms with van der Waals surface area (Å²) in [6.45, 7) is 0.389. The summed E-state index contributed by atoms with van der Waals surface area (Å²) in [5.74, 6) is -0.341. The molecule has 2 rings (SSSR count). The quantitative estimate of drug-likeness (QED) is 0.856. The molecule has 6 heteroatoms. The molecule has 1 aromatic carbocycles. The second kappa shape index (κ2) is 6.21. The molecule has 0 aliphatic heterocycles. The smallest absolute Gasteiger partial charge is 0.328 e. The zero-order valence-corrected chi connectivity index (χ0v) is 11.6. The molecule has 104 valence electrons. The average molecular weight is 291 g/mol. The van der Waals surface area contributed by atoms with E-state index >= 15 is 0 Å². The zero-order chi connectivity index (χ0) is 14.5. The molecule has 0 aliphatic carbocycles. The van der Waals surface area contributed by atoms with Crippen molar-refractivity contribution in [1.29, 1.82) is 0 Å². The lowest BCUT2D eigenvalue weighted by molar-refractivity contribution is -0.131. The summed E-state index contributed by atoms with van der Waals surface area (Å²) in [6.07, 6.45) is 4.29. The topological polar surface area (TPSA) is 68.5 Å². The molecule has 0 atom stereocenters. The maximum atomic E-state index is 11.6. The predicted molar refractivity (Wildman–Crippen MR) is 77.3 cm³/mol. The van der Waals surface area contributed by atoms with E-state index in [1.807, 2.05) is 6.07 Å². The van der Waals surface area contributed by atoms with E-state index in [1.54, 1.807) is 35.4 Å². The van der Waals surface area contributed by atoms with Gasteiger partial charge in [0.05, 0.1) is 13.7 Å². The highest BCUT2D eigenvalue weighted by molar-refractivity contribution is 7.07. The Hall–Kier alpha value is -2.34. The summed E-state index contributed by atoms with van der Waals surface area (Å²) in [5, 5.41) is 10.4. The van der Waals surface area contributed by atoms with E-state index < -0.39 is 5.97 Å².